The van der Waals surface area contributed by atoms with Gasteiger partial charge in [0.1, 0.15) is 92.0 Å². The van der Waals surface area contributed by atoms with Crippen molar-refractivity contribution in [3.63, 3.8) is 0 Å². The molecule has 0 bridgehead atoms. The first kappa shape index (κ1) is 80.0. The lowest BCUT2D eigenvalue weighted by molar-refractivity contribution is -0.598. The van der Waals surface area contributed by atoms with Crippen LogP contribution in [0, 0.1) is 63.8 Å². The molecule has 0 unspecified atom stereocenters. The van der Waals surface area contributed by atoms with Crippen molar-refractivity contribution < 1.29 is 102 Å². The minimum atomic E-state index is -0.689. The predicted molar refractivity (Wildman–Crippen MR) is 474 cm³/mol. The molecule has 0 amide bonds. The normalized spacial score (nSPS) is 10.7. The molecule has 105 heavy (non-hydrogen) atoms. The van der Waals surface area contributed by atoms with Gasteiger partial charge >= 0.3 is 63.6 Å². The number of hydrogen-bond donors (Lipinski definition) is 0. The molecule has 14 rings (SSSR count). The smallest absolute Gasteiger partial charge is 0.358 e. The summed E-state index contributed by atoms with van der Waals surface area (Å²) in [6, 6.07) is 106. The number of rotatable bonds is 22. The topological polar surface area (TPSA) is 73.8 Å². The highest BCUT2D eigenvalue weighted by Crippen LogP contribution is 2.33. The van der Waals surface area contributed by atoms with Crippen LogP contribution in [0.5, 0.6) is 92.0 Å². The Bertz CT molecular complexity index is 4700. The van der Waals surface area contributed by atoms with Crippen LogP contribution in [0.3, 0.4) is 0 Å². The lowest BCUT2D eigenvalue weighted by Gasteiger charge is -2.11. The second-order valence-corrected chi connectivity index (χ2v) is 41.6. The van der Waals surface area contributed by atoms with Crippen LogP contribution >= 0.6 is 181 Å². The van der Waals surface area contributed by atoms with E-state index in [2.05, 4.69) is 304 Å². The summed E-state index contributed by atoms with van der Waals surface area (Å²) in [6.45, 7) is 4.33. The van der Waals surface area contributed by atoms with Crippen LogP contribution in [0.4, 0.5) is 0 Å². The highest BCUT2D eigenvalue weighted by atomic mass is 127. The molecular formula is C86H58I11O8+3. The van der Waals surface area contributed by atoms with Crippen molar-refractivity contribution in [2.45, 2.75) is 13.8 Å². The van der Waals surface area contributed by atoms with Crippen LogP contribution in [-0.2, 0) is 0 Å². The Morgan fingerprint density at radius 2 is 0.333 bits per heavy atom. The predicted octanol–water partition coefficient (Wildman–Crippen LogP) is 19.2. The van der Waals surface area contributed by atoms with Gasteiger partial charge in [0.25, 0.3) is 0 Å². The average Bonchev–Trinajstić information content (AvgIpc) is 0.833. The van der Waals surface area contributed by atoms with Gasteiger partial charge in [-0.2, -0.15) is 0 Å². The van der Waals surface area contributed by atoms with E-state index < -0.39 is 21.2 Å². The van der Waals surface area contributed by atoms with E-state index in [1.165, 1.54) is 39.7 Å². The van der Waals surface area contributed by atoms with Crippen molar-refractivity contribution in [3.8, 4) is 92.0 Å². The molecule has 0 spiro atoms. The van der Waals surface area contributed by atoms with Crippen molar-refractivity contribution in [2.75, 3.05) is 0 Å². The summed E-state index contributed by atoms with van der Waals surface area (Å²) >= 11 is 17.1. The molecule has 0 aliphatic carbocycles. The van der Waals surface area contributed by atoms with Gasteiger partial charge in [0.05, 0.1) is 0 Å². The van der Waals surface area contributed by atoms with Crippen LogP contribution in [0.2, 0.25) is 0 Å². The average molecular weight is 2620 g/mol. The number of ether oxygens (including phenoxy) is 8. The van der Waals surface area contributed by atoms with Gasteiger partial charge in [-0.1, -0.05) is 0 Å². The summed E-state index contributed by atoms with van der Waals surface area (Å²) in [5, 5.41) is 0. The van der Waals surface area contributed by atoms with Crippen molar-refractivity contribution in [1.29, 1.82) is 0 Å². The van der Waals surface area contributed by atoms with E-state index >= 15 is 0 Å². The number of halogens is 11. The second-order valence-electron chi connectivity index (χ2n) is 22.7. The minimum absolute atomic E-state index is 0.240. The molecule has 0 atom stereocenters. The third-order valence-electron chi connectivity index (χ3n) is 14.6. The van der Waals surface area contributed by atoms with E-state index in [4.69, 9.17) is 37.9 Å². The fourth-order valence-corrected chi connectivity index (χ4v) is 19.7. The molecule has 19 heteroatoms. The molecule has 0 aliphatic rings. The number of aryl methyl sites for hydroxylation is 2. The summed E-state index contributed by atoms with van der Waals surface area (Å²) in [5.74, 6) is 12.9. The van der Waals surface area contributed by atoms with Crippen molar-refractivity contribution in [3.05, 3.63) is 377 Å². The Balaban J connectivity index is 0.000000153. The van der Waals surface area contributed by atoms with Crippen molar-refractivity contribution in [1.82, 2.24) is 0 Å². The van der Waals surface area contributed by atoms with Gasteiger partial charge in [-0.3, -0.25) is 0 Å². The summed E-state index contributed by atoms with van der Waals surface area (Å²) in [4.78, 5) is 0. The number of hydrogen-bond acceptors (Lipinski definition) is 8. The Labute approximate surface area is 752 Å². The summed E-state index contributed by atoms with van der Waals surface area (Å²) in [6.07, 6.45) is 0. The number of benzene rings is 14. The molecule has 0 aliphatic heterocycles. The van der Waals surface area contributed by atoms with Crippen LogP contribution in [-0.4, -0.2) is 0 Å². The van der Waals surface area contributed by atoms with Crippen LogP contribution in [0.15, 0.2) is 315 Å². The van der Waals surface area contributed by atoms with Gasteiger partial charge in [-0.25, -0.2) is 0 Å². The summed E-state index contributed by atoms with van der Waals surface area (Å²) in [5.41, 5.74) is 2.55. The molecule has 0 aromatic heterocycles. The zero-order chi connectivity index (χ0) is 73.0. The second kappa shape index (κ2) is 40.4. The molecule has 14 aromatic rings. The van der Waals surface area contributed by atoms with Gasteiger partial charge in [0.2, 0.25) is 7.14 Å². The van der Waals surface area contributed by atoms with Gasteiger partial charge in [-0.05, 0) is 474 Å². The van der Waals surface area contributed by atoms with Gasteiger partial charge in [0.15, 0.2) is 14.3 Å². The fourth-order valence-electron chi connectivity index (χ4n) is 9.59. The summed E-state index contributed by atoms with van der Waals surface area (Å²) < 4.78 is 66.3. The maximum absolute atomic E-state index is 6.32. The first-order chi connectivity index (χ1) is 50.9. The molecule has 0 fully saturated rings. The molecule has 14 aromatic carbocycles. The third-order valence-corrected chi connectivity index (χ3v) is 29.1. The van der Waals surface area contributed by atoms with Gasteiger partial charge in [0, 0.05) is 76.1 Å². The highest BCUT2D eigenvalue weighted by Gasteiger charge is 2.25. The van der Waals surface area contributed by atoms with E-state index in [0.29, 0.717) is 0 Å². The SMILES string of the molecule is Cc1cc(Oc2ccc(I)cc2)ccc1[I+]c1ccc(Oc2ccc(I)cc2)cc1C.Ic1ccc(Oc2cc(Oc3ccc(I)cc3)cc([I+]c3cc(Oc4ccc(I)cc4)cc(Oc4ccc(I)cc4)c3)c2)cc1.Ic1ccc(Oc2ccc([I+]c3ccc(Oc4ccc(I)cc4)cc3)cc2)cc1. The lowest BCUT2D eigenvalue weighted by Crippen LogP contribution is -3.62. The first-order valence-electron chi connectivity index (χ1n) is 32.1. The zero-order valence-corrected chi connectivity index (χ0v) is 79.2. The minimum Gasteiger partial charge on any atom is -0.457 e. The van der Waals surface area contributed by atoms with Crippen molar-refractivity contribution >= 4 is 181 Å². The van der Waals surface area contributed by atoms with E-state index in [1.807, 2.05) is 206 Å². The van der Waals surface area contributed by atoms with E-state index in [1.54, 1.807) is 0 Å². The van der Waals surface area contributed by atoms with E-state index in [-0.39, 0.29) is 42.4 Å². The maximum atomic E-state index is 6.32. The molecule has 0 N–H and O–H groups in total. The third kappa shape index (κ3) is 26.3. The van der Waals surface area contributed by atoms with Gasteiger partial charge in [-0.15, -0.1) is 0 Å². The lowest BCUT2D eigenvalue weighted by atomic mass is 10.2. The molecule has 524 valence electrons. The molecule has 8 nitrogen and oxygen atoms in total. The molecule has 0 heterocycles. The van der Waals surface area contributed by atoms with Crippen LogP contribution in [0.25, 0.3) is 0 Å². The standard InChI is InChI=1S/C36H22I5O4.C26H20I3O2.C24H16I3O2/c37-23-1-9-29(10-2-23)42-33-17-27(18-34(21-33)43-30-11-3-24(38)4-12-30)41-28-19-35(44-31-13-5-25(39)6-14-31)22-36(20-28)45-32-15-7-26(40)8-16-32;1-17-15-23(30-21-7-3-19(27)4-8-21)11-13-25(17)29-26-14-12-24(16-18(26)2)31-22-9-5-20(28)6-10-22;25-17-1-9-21(10-2-17)28-23-13-5-19(6-14-23)27-20-7-15-24(16-8-20)29-22-11-3-18(26)4-12-22/h1-22H;3-16H,1-2H3;1-16H/q3*+1. The Hall–Kier alpha value is -4.49. The maximum Gasteiger partial charge on any atom is 0.358 e. The summed E-state index contributed by atoms with van der Waals surface area (Å²) in [7, 11) is 0. The van der Waals surface area contributed by atoms with E-state index in [9.17, 15) is 0 Å². The quantitative estimate of drug-likeness (QED) is 0.0622. The molecule has 0 saturated carbocycles. The molecular weight excluding hydrogens is 2560 g/mol. The first-order valence-corrected chi connectivity index (χ1v) is 47.2. The zero-order valence-electron chi connectivity index (χ0n) is 55.4. The van der Waals surface area contributed by atoms with Crippen LogP contribution < -0.4 is 102 Å². The Morgan fingerprint density at radius 3 is 0.543 bits per heavy atom. The Kier molecular flexibility index (Phi) is 30.8. The van der Waals surface area contributed by atoms with Crippen molar-refractivity contribution in [2.24, 2.45) is 0 Å². The fraction of sp³-hybridized carbons (Fsp3) is 0.0233. The Morgan fingerprint density at radius 1 is 0.162 bits per heavy atom. The van der Waals surface area contributed by atoms with Gasteiger partial charge < -0.3 is 37.9 Å². The highest BCUT2D eigenvalue weighted by molar-refractivity contribution is 14.1. The largest absolute Gasteiger partial charge is 0.457 e. The van der Waals surface area contributed by atoms with E-state index in [0.717, 1.165) is 113 Å². The van der Waals surface area contributed by atoms with Crippen LogP contribution in [0.1, 0.15) is 11.1 Å². The molecule has 0 saturated heterocycles. The monoisotopic (exact) mass is 2610 g/mol. The molecule has 0 radical (unpaired) electrons.